The van der Waals surface area contributed by atoms with Crippen LogP contribution in [-0.4, -0.2) is 40.2 Å². The molecule has 0 spiro atoms. The summed E-state index contributed by atoms with van der Waals surface area (Å²) >= 11 is 1.56. The molecule has 1 atom stereocenters. The molecule has 26 heavy (non-hydrogen) atoms. The van der Waals surface area contributed by atoms with E-state index in [1.54, 1.807) is 30.8 Å². The van der Waals surface area contributed by atoms with E-state index in [0.717, 1.165) is 38.3 Å². The lowest BCUT2D eigenvalue weighted by molar-refractivity contribution is -0.128. The van der Waals surface area contributed by atoms with Crippen LogP contribution in [-0.2, 0) is 4.79 Å². The van der Waals surface area contributed by atoms with Gasteiger partial charge in [0, 0.05) is 47.9 Å². The van der Waals surface area contributed by atoms with E-state index in [0.29, 0.717) is 0 Å². The van der Waals surface area contributed by atoms with E-state index in [2.05, 4.69) is 33.5 Å². The summed E-state index contributed by atoms with van der Waals surface area (Å²) < 4.78 is 0. The van der Waals surface area contributed by atoms with Gasteiger partial charge in [0.15, 0.2) is 5.37 Å². The number of hydrogen-bond acceptors (Lipinski definition) is 4. The third kappa shape index (κ3) is 2.86. The lowest BCUT2D eigenvalue weighted by Crippen LogP contribution is -2.38. The molecule has 6 heteroatoms. The Hall–Kier alpha value is -2.73. The lowest BCUT2D eigenvalue weighted by Gasteiger charge is -2.17. The highest BCUT2D eigenvalue weighted by atomic mass is 32.2. The lowest BCUT2D eigenvalue weighted by atomic mass is 10.0. The molecule has 2 aromatic heterocycles. The Labute approximate surface area is 156 Å². The quantitative estimate of drug-likeness (QED) is 0.744. The average molecular weight is 364 g/mol. The van der Waals surface area contributed by atoms with Crippen LogP contribution in [0.4, 0.5) is 0 Å². The summed E-state index contributed by atoms with van der Waals surface area (Å²) in [7, 11) is 3.55. The van der Waals surface area contributed by atoms with Crippen LogP contribution in [0.3, 0.4) is 0 Å². The third-order valence-electron chi connectivity index (χ3n) is 4.49. The fourth-order valence-electron chi connectivity index (χ4n) is 3.11. The molecule has 1 aliphatic rings. The summed E-state index contributed by atoms with van der Waals surface area (Å²) in [5.74, 6) is 0.0623. The van der Waals surface area contributed by atoms with Crippen molar-refractivity contribution >= 4 is 34.4 Å². The highest BCUT2D eigenvalue weighted by molar-refractivity contribution is 8.04. The smallest absolute Gasteiger partial charge is 0.255 e. The molecule has 4 rings (SSSR count). The van der Waals surface area contributed by atoms with Crippen LogP contribution in [0, 0.1) is 0 Å². The second kappa shape index (κ2) is 6.53. The van der Waals surface area contributed by atoms with Crippen LogP contribution < -0.4 is 5.32 Å². The standard InChI is InChI=1S/C20H20N4OS/c1-12-17(23-19(26-12)20(25)24(2)3)16-11-22-18-15(16)9-14(10-21-18)13-7-5-4-6-8-13/h4-11,19,23H,1-3H3,(H,21,22). The van der Waals surface area contributed by atoms with E-state index in [4.69, 9.17) is 0 Å². The Balaban J connectivity index is 1.73. The van der Waals surface area contributed by atoms with Crippen LogP contribution in [0.2, 0.25) is 0 Å². The molecule has 0 aliphatic carbocycles. The Morgan fingerprint density at radius 2 is 1.96 bits per heavy atom. The fraction of sp³-hybridized carbons (Fsp3) is 0.200. The van der Waals surface area contributed by atoms with Crippen molar-refractivity contribution in [2.24, 2.45) is 0 Å². The van der Waals surface area contributed by atoms with Crippen molar-refractivity contribution in [1.29, 1.82) is 0 Å². The SMILES string of the molecule is CC1=C(c2c[nH]c3ncc(-c4ccccc4)cc23)NC(C(=O)N(C)C)S1. The minimum Gasteiger partial charge on any atom is -0.364 e. The fourth-order valence-corrected chi connectivity index (χ4v) is 4.24. The van der Waals surface area contributed by atoms with Gasteiger partial charge in [-0.05, 0) is 18.6 Å². The molecule has 1 unspecified atom stereocenters. The number of carbonyl (C=O) groups is 1. The first-order chi connectivity index (χ1) is 12.5. The number of H-pyrrole nitrogens is 1. The largest absolute Gasteiger partial charge is 0.364 e. The number of hydrogen-bond donors (Lipinski definition) is 2. The predicted molar refractivity (Wildman–Crippen MR) is 107 cm³/mol. The molecule has 1 aliphatic heterocycles. The van der Waals surface area contributed by atoms with Gasteiger partial charge in [0.25, 0.3) is 5.91 Å². The summed E-state index contributed by atoms with van der Waals surface area (Å²) in [4.78, 5) is 22.8. The number of amides is 1. The highest BCUT2D eigenvalue weighted by Crippen LogP contribution is 2.38. The number of likely N-dealkylation sites (N-methyl/N-ethyl adjacent to an activating group) is 1. The first kappa shape index (κ1) is 16.7. The van der Waals surface area contributed by atoms with E-state index in [1.165, 1.54) is 0 Å². The number of nitrogens with one attached hydrogen (secondary N) is 2. The maximum atomic E-state index is 12.3. The first-order valence-corrected chi connectivity index (χ1v) is 9.30. The van der Waals surface area contributed by atoms with Crippen molar-refractivity contribution in [3.63, 3.8) is 0 Å². The van der Waals surface area contributed by atoms with E-state index in [9.17, 15) is 4.79 Å². The number of benzene rings is 1. The minimum absolute atomic E-state index is 0.0623. The van der Waals surface area contributed by atoms with Gasteiger partial charge in [-0.1, -0.05) is 42.1 Å². The van der Waals surface area contributed by atoms with Gasteiger partial charge in [-0.3, -0.25) is 4.79 Å². The molecule has 2 N–H and O–H groups in total. The Bertz CT molecular complexity index is 1010. The molecule has 0 bridgehead atoms. The summed E-state index contributed by atoms with van der Waals surface area (Å²) in [6.07, 6.45) is 3.84. The zero-order valence-electron chi connectivity index (χ0n) is 14.9. The summed E-state index contributed by atoms with van der Waals surface area (Å²) in [5, 5.41) is 4.14. The Morgan fingerprint density at radius 3 is 2.69 bits per heavy atom. The Morgan fingerprint density at radius 1 is 1.19 bits per heavy atom. The van der Waals surface area contributed by atoms with E-state index >= 15 is 0 Å². The maximum absolute atomic E-state index is 12.3. The summed E-state index contributed by atoms with van der Waals surface area (Å²) in [5.41, 5.74) is 5.09. The number of nitrogens with zero attached hydrogens (tertiary/aromatic N) is 2. The molecule has 1 aromatic carbocycles. The first-order valence-electron chi connectivity index (χ1n) is 8.43. The monoisotopic (exact) mass is 364 g/mol. The molecular formula is C20H20N4OS. The van der Waals surface area contributed by atoms with E-state index in [-0.39, 0.29) is 11.3 Å². The number of carbonyl (C=O) groups excluding carboxylic acids is 1. The second-order valence-corrected chi connectivity index (χ2v) is 7.81. The molecular weight excluding hydrogens is 344 g/mol. The number of aromatic amines is 1. The Kier molecular flexibility index (Phi) is 4.20. The van der Waals surface area contributed by atoms with Gasteiger partial charge in [-0.25, -0.2) is 4.98 Å². The number of thioether (sulfide) groups is 1. The number of fused-ring (bicyclic) bond motifs is 1. The zero-order valence-corrected chi connectivity index (χ0v) is 15.7. The highest BCUT2D eigenvalue weighted by Gasteiger charge is 2.30. The van der Waals surface area contributed by atoms with Gasteiger partial charge in [0.1, 0.15) is 5.65 Å². The van der Waals surface area contributed by atoms with Crippen LogP contribution in [0.15, 0.2) is 53.7 Å². The predicted octanol–water partition coefficient (Wildman–Crippen LogP) is 3.67. The number of rotatable bonds is 3. The molecule has 0 fully saturated rings. The molecule has 5 nitrogen and oxygen atoms in total. The van der Waals surface area contributed by atoms with Crippen LogP contribution in [0.5, 0.6) is 0 Å². The molecule has 0 radical (unpaired) electrons. The van der Waals surface area contributed by atoms with E-state index < -0.39 is 0 Å². The molecule has 1 amide bonds. The van der Waals surface area contributed by atoms with Gasteiger partial charge in [-0.15, -0.1) is 0 Å². The van der Waals surface area contributed by atoms with Gasteiger partial charge in [0.05, 0.1) is 5.70 Å². The molecule has 132 valence electrons. The van der Waals surface area contributed by atoms with Crippen LogP contribution in [0.1, 0.15) is 12.5 Å². The minimum atomic E-state index is -0.282. The van der Waals surface area contributed by atoms with Crippen molar-refractivity contribution in [2.75, 3.05) is 14.1 Å². The van der Waals surface area contributed by atoms with E-state index in [1.807, 2.05) is 37.5 Å². The van der Waals surface area contributed by atoms with Gasteiger partial charge in [0.2, 0.25) is 0 Å². The molecule has 3 aromatic rings. The van der Waals surface area contributed by atoms with Gasteiger partial charge < -0.3 is 15.2 Å². The van der Waals surface area contributed by atoms with Crippen LogP contribution >= 0.6 is 11.8 Å². The summed E-state index contributed by atoms with van der Waals surface area (Å²) in [6.45, 7) is 2.04. The zero-order chi connectivity index (χ0) is 18.3. The molecule has 0 saturated heterocycles. The second-order valence-electron chi connectivity index (χ2n) is 6.49. The van der Waals surface area contributed by atoms with Crippen molar-refractivity contribution < 1.29 is 4.79 Å². The number of pyridine rings is 1. The number of aromatic nitrogens is 2. The molecule has 3 heterocycles. The third-order valence-corrected chi connectivity index (χ3v) is 5.61. The average Bonchev–Trinajstić information content (AvgIpc) is 3.24. The summed E-state index contributed by atoms with van der Waals surface area (Å²) in [6, 6.07) is 12.4. The van der Waals surface area contributed by atoms with Crippen LogP contribution in [0.25, 0.3) is 27.9 Å². The molecule has 0 saturated carbocycles. The topological polar surface area (TPSA) is 61.0 Å². The van der Waals surface area contributed by atoms with Crippen molar-refractivity contribution in [3.05, 3.63) is 59.3 Å². The number of allylic oxidation sites excluding steroid dienone is 1. The van der Waals surface area contributed by atoms with Crippen molar-refractivity contribution in [3.8, 4) is 11.1 Å². The van der Waals surface area contributed by atoms with Crippen molar-refractivity contribution in [1.82, 2.24) is 20.2 Å². The van der Waals surface area contributed by atoms with Crippen molar-refractivity contribution in [2.45, 2.75) is 12.3 Å². The normalized spacial score (nSPS) is 16.8. The maximum Gasteiger partial charge on any atom is 0.255 e. The van der Waals surface area contributed by atoms with Gasteiger partial charge >= 0.3 is 0 Å². The van der Waals surface area contributed by atoms with Gasteiger partial charge in [-0.2, -0.15) is 0 Å².